The van der Waals surface area contributed by atoms with E-state index in [0.29, 0.717) is 23.9 Å². The monoisotopic (exact) mass is 549 g/mol. The number of hydrogen-bond donors (Lipinski definition) is 1. The Bertz CT molecular complexity index is 1220. The molecule has 7 heteroatoms. The summed E-state index contributed by atoms with van der Waals surface area (Å²) < 4.78 is 24.5. The number of thiophene rings is 1. The molecule has 2 heterocycles. The predicted molar refractivity (Wildman–Crippen MR) is 155 cm³/mol. The van der Waals surface area contributed by atoms with Crippen LogP contribution in [0, 0.1) is 5.92 Å². The van der Waals surface area contributed by atoms with Crippen molar-refractivity contribution in [2.24, 2.45) is 5.92 Å². The Morgan fingerprint density at radius 2 is 1.87 bits per heavy atom. The smallest absolute Gasteiger partial charge is 0.348 e. The number of anilines is 1. The summed E-state index contributed by atoms with van der Waals surface area (Å²) in [6.45, 7) is 5.23. The van der Waals surface area contributed by atoms with E-state index in [4.69, 9.17) is 18.9 Å². The lowest BCUT2D eigenvalue weighted by Gasteiger charge is -2.44. The van der Waals surface area contributed by atoms with Crippen LogP contribution in [-0.4, -0.2) is 31.4 Å². The maximum atomic E-state index is 13.1. The number of rotatable bonds is 10. The number of benzene rings is 2. The van der Waals surface area contributed by atoms with E-state index < -0.39 is 17.8 Å². The van der Waals surface area contributed by atoms with Crippen LogP contribution in [0.2, 0.25) is 0 Å². The number of carbonyl (C=O) groups excluding carboxylic acids is 1. The number of methoxy groups -OCH3 is 1. The zero-order chi connectivity index (χ0) is 27.2. The zero-order valence-electron chi connectivity index (χ0n) is 23.1. The number of carbonyl (C=O) groups is 1. The fourth-order valence-corrected chi connectivity index (χ4v) is 6.18. The Labute approximate surface area is 235 Å². The van der Waals surface area contributed by atoms with Gasteiger partial charge in [0.2, 0.25) is 0 Å². The minimum absolute atomic E-state index is 0.343. The highest BCUT2D eigenvalue weighted by atomic mass is 32.1. The van der Waals surface area contributed by atoms with Crippen LogP contribution in [0.15, 0.2) is 60.0 Å². The molecule has 1 N–H and O–H groups in total. The SMILES string of the molecule is COc1ccc(CNc2ccc3c(c2)C(OCCC2CCCCC2)C(OC(=O)c2cccs2)C(C)(C)O3)cc1. The van der Waals surface area contributed by atoms with Crippen LogP contribution in [0.4, 0.5) is 5.69 Å². The van der Waals surface area contributed by atoms with Crippen molar-refractivity contribution in [3.63, 3.8) is 0 Å². The lowest BCUT2D eigenvalue weighted by Crippen LogP contribution is -2.51. The molecule has 0 saturated heterocycles. The highest BCUT2D eigenvalue weighted by Crippen LogP contribution is 2.45. The first-order chi connectivity index (χ1) is 18.9. The van der Waals surface area contributed by atoms with Crippen molar-refractivity contribution >= 4 is 23.0 Å². The minimum Gasteiger partial charge on any atom is -0.497 e. The fourth-order valence-electron chi connectivity index (χ4n) is 5.58. The third-order valence-electron chi connectivity index (χ3n) is 7.81. The van der Waals surface area contributed by atoms with Crippen molar-refractivity contribution in [2.75, 3.05) is 19.0 Å². The fraction of sp³-hybridized carbons (Fsp3) is 0.469. The third kappa shape index (κ3) is 6.76. The van der Waals surface area contributed by atoms with Crippen molar-refractivity contribution in [3.05, 3.63) is 76.0 Å². The van der Waals surface area contributed by atoms with Crippen LogP contribution in [0.1, 0.15) is 79.3 Å². The third-order valence-corrected chi connectivity index (χ3v) is 8.66. The van der Waals surface area contributed by atoms with Gasteiger partial charge in [0.1, 0.15) is 28.1 Å². The van der Waals surface area contributed by atoms with Crippen molar-refractivity contribution in [1.82, 2.24) is 0 Å². The lowest BCUT2D eigenvalue weighted by molar-refractivity contribution is -0.141. The molecule has 5 rings (SSSR count). The average molecular weight is 550 g/mol. The molecule has 1 aliphatic carbocycles. The summed E-state index contributed by atoms with van der Waals surface area (Å²) in [5.74, 6) is 1.96. The first kappa shape index (κ1) is 27.5. The highest BCUT2D eigenvalue weighted by Gasteiger charge is 2.47. The molecule has 3 aromatic rings. The number of esters is 1. The molecule has 2 atom stereocenters. The molecule has 0 radical (unpaired) electrons. The van der Waals surface area contributed by atoms with Gasteiger partial charge in [-0.25, -0.2) is 4.79 Å². The molecule has 0 spiro atoms. The Hall–Kier alpha value is -3.03. The van der Waals surface area contributed by atoms with Crippen molar-refractivity contribution in [3.8, 4) is 11.5 Å². The maximum Gasteiger partial charge on any atom is 0.348 e. The molecular formula is C32H39NO5S. The van der Waals surface area contributed by atoms with E-state index in [9.17, 15) is 4.79 Å². The van der Waals surface area contributed by atoms with Crippen LogP contribution in [0.5, 0.6) is 11.5 Å². The summed E-state index contributed by atoms with van der Waals surface area (Å²) in [5, 5.41) is 5.40. The Morgan fingerprint density at radius 3 is 2.59 bits per heavy atom. The van der Waals surface area contributed by atoms with Crippen LogP contribution in [0.25, 0.3) is 0 Å². The van der Waals surface area contributed by atoms with Gasteiger partial charge >= 0.3 is 5.97 Å². The van der Waals surface area contributed by atoms with Crippen LogP contribution < -0.4 is 14.8 Å². The topological polar surface area (TPSA) is 66.0 Å². The van der Waals surface area contributed by atoms with Gasteiger partial charge in [0.05, 0.1) is 7.11 Å². The number of nitrogens with one attached hydrogen (secondary N) is 1. The van der Waals surface area contributed by atoms with E-state index >= 15 is 0 Å². The lowest BCUT2D eigenvalue weighted by atomic mass is 9.86. The first-order valence-corrected chi connectivity index (χ1v) is 14.9. The molecule has 1 saturated carbocycles. The van der Waals surface area contributed by atoms with E-state index in [1.54, 1.807) is 13.2 Å². The van der Waals surface area contributed by atoms with Crippen LogP contribution in [0.3, 0.4) is 0 Å². The van der Waals surface area contributed by atoms with Gasteiger partial charge in [-0.05, 0) is 73.5 Å². The first-order valence-electron chi connectivity index (χ1n) is 14.0. The maximum absolute atomic E-state index is 13.1. The van der Waals surface area contributed by atoms with E-state index in [-0.39, 0.29) is 5.97 Å². The molecular weight excluding hydrogens is 510 g/mol. The highest BCUT2D eigenvalue weighted by molar-refractivity contribution is 7.11. The van der Waals surface area contributed by atoms with Gasteiger partial charge in [-0.2, -0.15) is 0 Å². The molecule has 6 nitrogen and oxygen atoms in total. The van der Waals surface area contributed by atoms with Crippen molar-refractivity contribution in [1.29, 1.82) is 0 Å². The Morgan fingerprint density at radius 1 is 1.08 bits per heavy atom. The largest absolute Gasteiger partial charge is 0.497 e. The van der Waals surface area contributed by atoms with Gasteiger partial charge in [-0.3, -0.25) is 0 Å². The second-order valence-corrected chi connectivity index (χ2v) is 12.0. The molecule has 1 aliphatic heterocycles. The summed E-state index contributed by atoms with van der Waals surface area (Å²) >= 11 is 1.38. The van der Waals surface area contributed by atoms with Crippen molar-refractivity contribution in [2.45, 2.75) is 76.7 Å². The molecule has 1 aromatic heterocycles. The van der Waals surface area contributed by atoms with Gasteiger partial charge < -0.3 is 24.3 Å². The molecule has 2 aromatic carbocycles. The number of hydrogen-bond acceptors (Lipinski definition) is 7. The van der Waals surface area contributed by atoms with E-state index in [2.05, 4.69) is 11.4 Å². The van der Waals surface area contributed by atoms with Gasteiger partial charge in [-0.1, -0.05) is 50.3 Å². The standard InChI is InChI=1S/C32H39NO5S/c1-32(2)30(37-31(34)28-10-7-19-39-28)29(36-18-17-22-8-5-4-6-9-22)26-20-24(13-16-27(26)38-32)33-21-23-11-14-25(35-3)15-12-23/h7,10-16,19-20,22,29-30,33H,4-6,8-9,17-18,21H2,1-3H3. The molecule has 2 aliphatic rings. The summed E-state index contributed by atoms with van der Waals surface area (Å²) in [6, 6.07) is 17.8. The van der Waals surface area contributed by atoms with Gasteiger partial charge in [-0.15, -0.1) is 11.3 Å². The number of fused-ring (bicyclic) bond motifs is 1. The quantitative estimate of drug-likeness (QED) is 0.260. The second-order valence-electron chi connectivity index (χ2n) is 11.0. The van der Waals surface area contributed by atoms with Gasteiger partial charge in [0.25, 0.3) is 0 Å². The van der Waals surface area contributed by atoms with Gasteiger partial charge in [0.15, 0.2) is 6.10 Å². The van der Waals surface area contributed by atoms with Crippen molar-refractivity contribution < 1.29 is 23.7 Å². The summed E-state index contributed by atoms with van der Waals surface area (Å²) in [7, 11) is 1.67. The van der Waals surface area contributed by atoms with E-state index in [1.165, 1.54) is 43.4 Å². The molecule has 39 heavy (non-hydrogen) atoms. The van der Waals surface area contributed by atoms with E-state index in [1.807, 2.05) is 61.7 Å². The minimum atomic E-state index is -0.756. The Balaban J connectivity index is 1.37. The zero-order valence-corrected chi connectivity index (χ0v) is 23.9. The summed E-state index contributed by atoms with van der Waals surface area (Å²) in [4.78, 5) is 13.6. The average Bonchev–Trinajstić information content (AvgIpc) is 3.50. The molecule has 0 amide bonds. The summed E-state index contributed by atoms with van der Waals surface area (Å²) in [6.07, 6.45) is 6.50. The molecule has 208 valence electrons. The molecule has 0 bridgehead atoms. The predicted octanol–water partition coefficient (Wildman–Crippen LogP) is 7.79. The van der Waals surface area contributed by atoms with E-state index in [0.717, 1.165) is 34.7 Å². The van der Waals surface area contributed by atoms with Crippen LogP contribution in [-0.2, 0) is 16.0 Å². The number of ether oxygens (including phenoxy) is 4. The Kier molecular flexibility index (Phi) is 8.78. The molecule has 1 fully saturated rings. The molecule has 2 unspecified atom stereocenters. The van der Waals surface area contributed by atoms with Gasteiger partial charge in [0, 0.05) is 24.4 Å². The van der Waals surface area contributed by atoms with Crippen LogP contribution >= 0.6 is 11.3 Å². The summed E-state index contributed by atoms with van der Waals surface area (Å²) in [5.41, 5.74) is 2.25. The normalized spacial score (nSPS) is 20.5. The second kappa shape index (κ2) is 12.4.